The van der Waals surface area contributed by atoms with Gasteiger partial charge >= 0.3 is 0 Å². The largest absolute Gasteiger partial charge is 0.224 e. The molecule has 0 bridgehead atoms. The van der Waals surface area contributed by atoms with Gasteiger partial charge in [0, 0.05) is 12.3 Å². The maximum atomic E-state index is 4.49. The van der Waals surface area contributed by atoms with Gasteiger partial charge in [0.25, 0.3) is 0 Å². The first-order valence-electron chi connectivity index (χ1n) is 4.92. The summed E-state index contributed by atoms with van der Waals surface area (Å²) in [4.78, 5) is 4.49. The lowest BCUT2D eigenvalue weighted by Gasteiger charge is -2.00. The topological polar surface area (TPSA) is 25.8 Å². The fourth-order valence-electron chi connectivity index (χ4n) is 1.02. The summed E-state index contributed by atoms with van der Waals surface area (Å²) in [5.74, 6) is 2.22. The molecule has 0 saturated heterocycles. The van der Waals surface area contributed by atoms with Crippen LogP contribution in [-0.4, -0.2) is 9.36 Å². The van der Waals surface area contributed by atoms with Crippen molar-refractivity contribution in [1.29, 1.82) is 0 Å². The Labute approximate surface area is 84.6 Å². The summed E-state index contributed by atoms with van der Waals surface area (Å²) in [7, 11) is 0. The molecular formula is C10H18N2S. The summed E-state index contributed by atoms with van der Waals surface area (Å²) in [6.45, 7) is 8.75. The van der Waals surface area contributed by atoms with Crippen molar-refractivity contribution >= 4 is 11.5 Å². The van der Waals surface area contributed by atoms with Gasteiger partial charge in [0.2, 0.25) is 0 Å². The quantitative estimate of drug-likeness (QED) is 0.742. The van der Waals surface area contributed by atoms with Crippen LogP contribution < -0.4 is 0 Å². The van der Waals surface area contributed by atoms with Crippen molar-refractivity contribution in [3.05, 3.63) is 10.8 Å². The van der Waals surface area contributed by atoms with E-state index in [4.69, 9.17) is 0 Å². The first-order chi connectivity index (χ1) is 6.09. The molecule has 0 spiro atoms. The van der Waals surface area contributed by atoms with Gasteiger partial charge in [-0.05, 0) is 23.9 Å². The van der Waals surface area contributed by atoms with Gasteiger partial charge in [-0.2, -0.15) is 4.37 Å². The van der Waals surface area contributed by atoms with Crippen LogP contribution in [0.4, 0.5) is 0 Å². The molecule has 0 N–H and O–H groups in total. The van der Waals surface area contributed by atoms with Gasteiger partial charge in [-0.3, -0.25) is 0 Å². The molecule has 74 valence electrons. The summed E-state index contributed by atoms with van der Waals surface area (Å²) in [5.41, 5.74) is 0. The van der Waals surface area contributed by atoms with Crippen LogP contribution in [0.15, 0.2) is 0 Å². The zero-order chi connectivity index (χ0) is 9.84. The molecule has 0 unspecified atom stereocenters. The normalized spacial score (nSPS) is 11.5. The van der Waals surface area contributed by atoms with Crippen molar-refractivity contribution in [2.24, 2.45) is 5.92 Å². The van der Waals surface area contributed by atoms with Crippen LogP contribution in [0.2, 0.25) is 0 Å². The van der Waals surface area contributed by atoms with Crippen molar-refractivity contribution in [2.45, 2.75) is 46.5 Å². The first-order valence-corrected chi connectivity index (χ1v) is 5.69. The zero-order valence-corrected chi connectivity index (χ0v) is 9.69. The number of hydrogen-bond donors (Lipinski definition) is 0. The summed E-state index contributed by atoms with van der Waals surface area (Å²) < 4.78 is 4.32. The van der Waals surface area contributed by atoms with Crippen LogP contribution in [0, 0.1) is 5.92 Å². The van der Waals surface area contributed by atoms with Gasteiger partial charge < -0.3 is 0 Å². The molecule has 0 aliphatic carbocycles. The minimum absolute atomic E-state index is 0.462. The second kappa shape index (κ2) is 4.70. The van der Waals surface area contributed by atoms with Gasteiger partial charge in [-0.15, -0.1) is 0 Å². The third-order valence-corrected chi connectivity index (χ3v) is 2.72. The first kappa shape index (κ1) is 10.6. The Morgan fingerprint density at radius 2 is 1.92 bits per heavy atom. The Balaban J connectivity index is 2.49. The summed E-state index contributed by atoms with van der Waals surface area (Å²) in [6, 6.07) is 0. The molecule has 1 rings (SSSR count). The Hall–Kier alpha value is -0.440. The standard InChI is InChI=1S/C10H18N2S/c1-7(2)5-6-9-11-10(8(3)4)12-13-9/h7-8H,5-6H2,1-4H3. The van der Waals surface area contributed by atoms with E-state index in [1.54, 1.807) is 11.5 Å². The van der Waals surface area contributed by atoms with Crippen LogP contribution in [0.1, 0.15) is 50.9 Å². The van der Waals surface area contributed by atoms with Crippen molar-refractivity contribution in [3.8, 4) is 0 Å². The molecule has 0 saturated carbocycles. The van der Waals surface area contributed by atoms with E-state index < -0.39 is 0 Å². The minimum atomic E-state index is 0.462. The van der Waals surface area contributed by atoms with Crippen LogP contribution in [0.3, 0.4) is 0 Å². The average molecular weight is 198 g/mol. The monoisotopic (exact) mass is 198 g/mol. The van der Waals surface area contributed by atoms with Crippen molar-refractivity contribution in [3.63, 3.8) is 0 Å². The SMILES string of the molecule is CC(C)CCc1nc(C(C)C)ns1. The highest BCUT2D eigenvalue weighted by Crippen LogP contribution is 2.16. The Morgan fingerprint density at radius 3 is 2.38 bits per heavy atom. The van der Waals surface area contributed by atoms with E-state index >= 15 is 0 Å². The fraction of sp³-hybridized carbons (Fsp3) is 0.800. The summed E-state index contributed by atoms with van der Waals surface area (Å²) >= 11 is 1.56. The van der Waals surface area contributed by atoms with Crippen LogP contribution in [-0.2, 0) is 6.42 Å². The lowest BCUT2D eigenvalue weighted by molar-refractivity contribution is 0.584. The molecule has 0 aliphatic rings. The van der Waals surface area contributed by atoms with Crippen molar-refractivity contribution < 1.29 is 0 Å². The molecule has 0 aromatic carbocycles. The second-order valence-corrected chi connectivity index (χ2v) is 4.97. The third-order valence-electron chi connectivity index (χ3n) is 1.94. The molecule has 3 heteroatoms. The predicted octanol–water partition coefficient (Wildman–Crippen LogP) is 3.25. The molecule has 1 aromatic heterocycles. The Morgan fingerprint density at radius 1 is 1.23 bits per heavy atom. The van der Waals surface area contributed by atoms with Crippen LogP contribution in [0.5, 0.6) is 0 Å². The van der Waals surface area contributed by atoms with Gasteiger partial charge in [0.1, 0.15) is 10.8 Å². The smallest absolute Gasteiger partial charge is 0.145 e. The van der Waals surface area contributed by atoms with E-state index in [1.807, 2.05) is 0 Å². The molecule has 2 nitrogen and oxygen atoms in total. The van der Waals surface area contributed by atoms with E-state index in [1.165, 1.54) is 11.4 Å². The fourth-order valence-corrected chi connectivity index (χ4v) is 1.81. The predicted molar refractivity (Wildman–Crippen MR) is 57.2 cm³/mol. The van der Waals surface area contributed by atoms with Gasteiger partial charge in [0.05, 0.1) is 0 Å². The van der Waals surface area contributed by atoms with Gasteiger partial charge in [-0.1, -0.05) is 27.7 Å². The molecule has 0 fully saturated rings. The van der Waals surface area contributed by atoms with Gasteiger partial charge in [0.15, 0.2) is 0 Å². The van der Waals surface area contributed by atoms with E-state index in [-0.39, 0.29) is 0 Å². The summed E-state index contributed by atoms with van der Waals surface area (Å²) in [6.07, 6.45) is 2.30. The van der Waals surface area contributed by atoms with Crippen LogP contribution >= 0.6 is 11.5 Å². The van der Waals surface area contributed by atoms with Crippen LogP contribution in [0.25, 0.3) is 0 Å². The number of hydrogen-bond acceptors (Lipinski definition) is 3. The van der Waals surface area contributed by atoms with E-state index in [0.29, 0.717) is 5.92 Å². The maximum Gasteiger partial charge on any atom is 0.145 e. The van der Waals surface area contributed by atoms with Crippen molar-refractivity contribution in [2.75, 3.05) is 0 Å². The number of aromatic nitrogens is 2. The molecule has 1 heterocycles. The highest BCUT2D eigenvalue weighted by Gasteiger charge is 2.07. The zero-order valence-electron chi connectivity index (χ0n) is 8.87. The van der Waals surface area contributed by atoms with Gasteiger partial charge in [-0.25, -0.2) is 4.98 Å². The lowest BCUT2D eigenvalue weighted by atomic mass is 10.1. The molecule has 0 radical (unpaired) electrons. The second-order valence-electron chi connectivity index (χ2n) is 4.13. The molecule has 0 atom stereocenters. The molecule has 0 amide bonds. The highest BCUT2D eigenvalue weighted by atomic mass is 32.1. The van der Waals surface area contributed by atoms with E-state index in [0.717, 1.165) is 18.2 Å². The Bertz CT molecular complexity index is 253. The molecule has 13 heavy (non-hydrogen) atoms. The summed E-state index contributed by atoms with van der Waals surface area (Å²) in [5, 5.41) is 1.19. The molecular weight excluding hydrogens is 180 g/mol. The molecule has 0 aliphatic heterocycles. The number of rotatable bonds is 4. The number of nitrogens with zero attached hydrogens (tertiary/aromatic N) is 2. The van der Waals surface area contributed by atoms with E-state index in [2.05, 4.69) is 37.1 Å². The van der Waals surface area contributed by atoms with Crippen molar-refractivity contribution in [1.82, 2.24) is 9.36 Å². The maximum absolute atomic E-state index is 4.49. The molecule has 1 aromatic rings. The third kappa shape index (κ3) is 3.43. The number of aryl methyl sites for hydroxylation is 1. The van der Waals surface area contributed by atoms with E-state index in [9.17, 15) is 0 Å². The highest BCUT2D eigenvalue weighted by molar-refractivity contribution is 7.05. The minimum Gasteiger partial charge on any atom is -0.224 e. The average Bonchev–Trinajstić information content (AvgIpc) is 2.48. The lowest BCUT2D eigenvalue weighted by Crippen LogP contribution is -1.93. The Kier molecular flexibility index (Phi) is 3.85.